The number of benzene rings is 1. The third kappa shape index (κ3) is 4.35. The molecule has 1 aromatic carbocycles. The summed E-state index contributed by atoms with van der Waals surface area (Å²) in [5, 5.41) is 29.8. The van der Waals surface area contributed by atoms with Gasteiger partial charge in [-0.3, -0.25) is 14.9 Å². The molecule has 41 heavy (non-hydrogen) atoms. The summed E-state index contributed by atoms with van der Waals surface area (Å²) in [6.45, 7) is 5.07. The molecule has 10 heteroatoms. The molecule has 6 rings (SSSR count). The van der Waals surface area contributed by atoms with E-state index in [4.69, 9.17) is 9.26 Å². The van der Waals surface area contributed by atoms with Gasteiger partial charge in [0.2, 0.25) is 17.5 Å². The lowest BCUT2D eigenvalue weighted by Crippen LogP contribution is -2.61. The first-order valence-corrected chi connectivity index (χ1v) is 14.2. The van der Waals surface area contributed by atoms with Crippen molar-refractivity contribution in [2.75, 3.05) is 11.9 Å². The minimum absolute atomic E-state index is 0.0135. The molecule has 3 fully saturated rings. The lowest BCUT2D eigenvalue weighted by Gasteiger charge is -2.59. The molecule has 0 spiro atoms. The van der Waals surface area contributed by atoms with Crippen LogP contribution in [0.2, 0.25) is 0 Å². The fourth-order valence-corrected chi connectivity index (χ4v) is 8.35. The third-order valence-corrected chi connectivity index (χ3v) is 10.3. The molecular formula is C31H35N3O7. The quantitative estimate of drug-likeness (QED) is 0.488. The molecule has 3 N–H and O–H groups in total. The molecule has 0 saturated heterocycles. The molecule has 0 bridgehead atoms. The Labute approximate surface area is 237 Å². The molecule has 1 amide bonds. The molecule has 3 saturated carbocycles. The van der Waals surface area contributed by atoms with E-state index < -0.39 is 41.0 Å². The summed E-state index contributed by atoms with van der Waals surface area (Å²) in [7, 11) is 0. The van der Waals surface area contributed by atoms with Gasteiger partial charge in [-0.05, 0) is 68.2 Å². The zero-order valence-corrected chi connectivity index (χ0v) is 23.4. The molecule has 1 aromatic heterocycles. The van der Waals surface area contributed by atoms with Gasteiger partial charge in [0.25, 0.3) is 0 Å². The van der Waals surface area contributed by atoms with Gasteiger partial charge in [-0.15, -0.1) is 0 Å². The van der Waals surface area contributed by atoms with E-state index in [1.54, 1.807) is 43.3 Å². The van der Waals surface area contributed by atoms with Gasteiger partial charge in [0.05, 0.1) is 6.10 Å². The lowest BCUT2D eigenvalue weighted by atomic mass is 9.46. The molecule has 4 aliphatic rings. The average Bonchev–Trinajstić information content (AvgIpc) is 3.48. The molecular weight excluding hydrogens is 526 g/mol. The zero-order chi connectivity index (χ0) is 29.2. The number of anilines is 1. The second kappa shape index (κ2) is 9.73. The molecule has 4 aliphatic carbocycles. The number of carbonyl (C=O) groups excluding carboxylic acids is 3. The van der Waals surface area contributed by atoms with Crippen LogP contribution in [-0.4, -0.2) is 56.3 Å². The summed E-state index contributed by atoms with van der Waals surface area (Å²) in [5.41, 5.74) is -0.908. The number of ketones is 2. The zero-order valence-electron chi connectivity index (χ0n) is 23.4. The van der Waals surface area contributed by atoms with Crippen LogP contribution < -0.4 is 5.32 Å². The number of ether oxygens (including phenoxy) is 1. The number of hydrogen-bond donors (Lipinski definition) is 3. The predicted octanol–water partition coefficient (Wildman–Crippen LogP) is 4.17. The number of aliphatic hydroxyl groups excluding tert-OH is 1. The van der Waals surface area contributed by atoms with E-state index in [1.165, 1.54) is 0 Å². The number of aryl methyl sites for hydroxylation is 1. The number of fused-ring (bicyclic) bond motifs is 5. The fourth-order valence-electron chi connectivity index (χ4n) is 8.35. The van der Waals surface area contributed by atoms with Gasteiger partial charge in [-0.2, -0.15) is 4.98 Å². The second-order valence-electron chi connectivity index (χ2n) is 12.5. The number of hydrogen-bond acceptors (Lipinski definition) is 9. The maximum absolute atomic E-state index is 13.5. The molecule has 5 unspecified atom stereocenters. The number of carbonyl (C=O) groups is 3. The smallest absolute Gasteiger partial charge is 0.412 e. The topological polar surface area (TPSA) is 152 Å². The monoisotopic (exact) mass is 561 g/mol. The standard InChI is InChI=1S/C31H35N3O7/c1-17-32-27(34-41-17)18-5-4-6-20(13-18)33-28(38)40-16-25(37)31(39)12-10-23-22-8-7-19-14-21(35)9-11-29(19,2)26(22)24(36)15-30(23,31)3/h4-6,9,11,13-14,22-24,26,36,39H,7-8,10,12,15-16H2,1-3H3,(H,33,38)/t22?,23?,24-,26?,29?,30?,31-/m0/s1. The van der Waals surface area contributed by atoms with E-state index in [1.807, 2.05) is 13.0 Å². The maximum Gasteiger partial charge on any atom is 0.412 e. The van der Waals surface area contributed by atoms with Crippen LogP contribution in [0.1, 0.15) is 51.8 Å². The van der Waals surface area contributed by atoms with Crippen molar-refractivity contribution in [3.05, 3.63) is 54.0 Å². The summed E-state index contributed by atoms with van der Waals surface area (Å²) in [6.07, 6.45) is 6.31. The van der Waals surface area contributed by atoms with Crippen LogP contribution in [0.15, 0.2) is 52.6 Å². The highest BCUT2D eigenvalue weighted by molar-refractivity contribution is 6.01. The van der Waals surface area contributed by atoms with E-state index in [9.17, 15) is 24.6 Å². The van der Waals surface area contributed by atoms with Gasteiger partial charge >= 0.3 is 6.09 Å². The van der Waals surface area contributed by atoms with Gasteiger partial charge in [-0.1, -0.05) is 42.8 Å². The largest absolute Gasteiger partial charge is 0.441 e. The third-order valence-electron chi connectivity index (χ3n) is 10.3. The Kier molecular flexibility index (Phi) is 6.54. The SMILES string of the molecule is Cc1nc(-c2cccc(NC(=O)OCC(=O)[C@@]3(O)CCC4C5CCC6=CC(=O)C=CC6(C)C5[C@@H](O)CC43C)c2)no1. The first-order chi connectivity index (χ1) is 19.4. The fraction of sp³-hybridized carbons (Fsp3) is 0.516. The summed E-state index contributed by atoms with van der Waals surface area (Å²) >= 11 is 0. The highest BCUT2D eigenvalue weighted by Crippen LogP contribution is 2.67. The number of aromatic nitrogens is 2. The molecule has 7 atom stereocenters. The van der Waals surface area contributed by atoms with Crippen LogP contribution in [0.5, 0.6) is 0 Å². The highest BCUT2D eigenvalue weighted by atomic mass is 16.6. The normalized spacial score (nSPS) is 35.6. The van der Waals surface area contributed by atoms with Crippen molar-refractivity contribution in [3.63, 3.8) is 0 Å². The van der Waals surface area contributed by atoms with Crippen LogP contribution in [0, 0.1) is 35.5 Å². The van der Waals surface area contributed by atoms with E-state index >= 15 is 0 Å². The molecule has 0 aliphatic heterocycles. The van der Waals surface area contributed by atoms with Gasteiger partial charge in [0.1, 0.15) is 5.60 Å². The second-order valence-corrected chi connectivity index (χ2v) is 12.5. The first-order valence-electron chi connectivity index (χ1n) is 14.2. The van der Waals surface area contributed by atoms with E-state index in [0.29, 0.717) is 29.4 Å². The van der Waals surface area contributed by atoms with E-state index in [-0.39, 0.29) is 36.4 Å². The Balaban J connectivity index is 1.14. The van der Waals surface area contributed by atoms with Crippen LogP contribution in [0.3, 0.4) is 0 Å². The molecule has 0 radical (unpaired) electrons. The van der Waals surface area contributed by atoms with Crippen LogP contribution in [-0.2, 0) is 14.3 Å². The summed E-state index contributed by atoms with van der Waals surface area (Å²) in [4.78, 5) is 42.3. The maximum atomic E-state index is 13.5. The number of amides is 1. The minimum atomic E-state index is -1.73. The predicted molar refractivity (Wildman–Crippen MR) is 147 cm³/mol. The number of allylic oxidation sites excluding steroid dienone is 4. The Morgan fingerprint density at radius 3 is 2.80 bits per heavy atom. The van der Waals surface area contributed by atoms with Crippen molar-refractivity contribution < 1.29 is 33.9 Å². The average molecular weight is 562 g/mol. The highest BCUT2D eigenvalue weighted by Gasteiger charge is 2.68. The first kappa shape index (κ1) is 27.5. The molecule has 1 heterocycles. The van der Waals surface area contributed by atoms with E-state index in [2.05, 4.69) is 22.4 Å². The Morgan fingerprint density at radius 2 is 2.05 bits per heavy atom. The molecule has 216 valence electrons. The molecule has 10 nitrogen and oxygen atoms in total. The van der Waals surface area contributed by atoms with Crippen molar-refractivity contribution in [1.29, 1.82) is 0 Å². The summed E-state index contributed by atoms with van der Waals surface area (Å²) < 4.78 is 10.3. The minimum Gasteiger partial charge on any atom is -0.441 e. The summed E-state index contributed by atoms with van der Waals surface area (Å²) in [6, 6.07) is 6.81. The van der Waals surface area contributed by atoms with Gasteiger partial charge in [0.15, 0.2) is 12.4 Å². The number of rotatable bonds is 5. The lowest BCUT2D eigenvalue weighted by molar-refractivity contribution is -0.178. The van der Waals surface area contributed by atoms with Crippen molar-refractivity contribution in [3.8, 4) is 11.4 Å². The Bertz CT molecular complexity index is 1480. The van der Waals surface area contributed by atoms with Gasteiger partial charge in [-0.25, -0.2) is 4.79 Å². The van der Waals surface area contributed by atoms with Crippen molar-refractivity contribution >= 4 is 23.3 Å². The van der Waals surface area contributed by atoms with Crippen LogP contribution in [0.4, 0.5) is 10.5 Å². The Morgan fingerprint density at radius 1 is 1.24 bits per heavy atom. The van der Waals surface area contributed by atoms with Crippen molar-refractivity contribution in [2.45, 2.75) is 64.6 Å². The van der Waals surface area contributed by atoms with Crippen molar-refractivity contribution in [1.82, 2.24) is 10.1 Å². The number of Topliss-reactive ketones (excluding diaryl/α,β-unsaturated/α-hetero) is 1. The summed E-state index contributed by atoms with van der Waals surface area (Å²) in [5.74, 6) is 0.210. The number of aliphatic hydroxyl groups is 2. The van der Waals surface area contributed by atoms with Crippen LogP contribution in [0.25, 0.3) is 11.4 Å². The van der Waals surface area contributed by atoms with Gasteiger partial charge in [0, 0.05) is 34.9 Å². The van der Waals surface area contributed by atoms with Gasteiger partial charge < -0.3 is 19.5 Å². The number of nitrogens with one attached hydrogen (secondary N) is 1. The molecule has 2 aromatic rings. The van der Waals surface area contributed by atoms with Crippen LogP contribution >= 0.6 is 0 Å². The Hall–Kier alpha value is -3.63. The number of nitrogens with zero attached hydrogens (tertiary/aromatic N) is 2. The van der Waals surface area contributed by atoms with E-state index in [0.717, 1.165) is 18.4 Å². The van der Waals surface area contributed by atoms with Crippen molar-refractivity contribution in [2.24, 2.45) is 28.6 Å².